The number of aromatic hydroxyl groups is 1. The minimum atomic E-state index is -4.92. The number of aliphatic hydroxyl groups is 2. The highest BCUT2D eigenvalue weighted by Gasteiger charge is 2.69. The zero-order valence-electron chi connectivity index (χ0n) is 24.4. The number of alkyl halides is 3. The van der Waals surface area contributed by atoms with Crippen LogP contribution in [0.2, 0.25) is 0 Å². The first-order valence-corrected chi connectivity index (χ1v) is 14.7. The van der Waals surface area contributed by atoms with Gasteiger partial charge in [0.15, 0.2) is 34.7 Å². The molecule has 1 aromatic carbocycles. The van der Waals surface area contributed by atoms with Crippen molar-refractivity contribution in [1.29, 1.82) is 0 Å². The fourth-order valence-electron chi connectivity index (χ4n) is 8.08. The molecule has 4 aliphatic rings. The SMILES string of the molecule is CN(C)[C@@H]1C(=O)C(C(N)=O)C(=O)[C@@]2(O)C(=O)C3C(=O)c4c(O)cc(CN5CCC(CCO)CC5)c(C(F)(F)F)c4C[C@H]3C[C@@H]12. The number of fused-ring (bicyclic) bond motifs is 3. The molecular weight excluding hydrogens is 587 g/mol. The number of nitrogens with two attached hydrogens (primary N) is 1. The second-order valence-corrected chi connectivity index (χ2v) is 12.8. The Morgan fingerprint density at radius 1 is 1.14 bits per heavy atom. The van der Waals surface area contributed by atoms with E-state index in [-0.39, 0.29) is 31.1 Å². The van der Waals surface area contributed by atoms with Crippen molar-refractivity contribution in [2.75, 3.05) is 33.8 Å². The van der Waals surface area contributed by atoms with Crippen LogP contribution >= 0.6 is 0 Å². The number of aliphatic hydroxyl groups excluding tert-OH is 1. The molecule has 3 aliphatic carbocycles. The van der Waals surface area contributed by atoms with E-state index in [1.165, 1.54) is 19.0 Å². The first-order chi connectivity index (χ1) is 20.5. The summed E-state index contributed by atoms with van der Waals surface area (Å²) in [6.07, 6.45) is -3.75. The highest BCUT2D eigenvalue weighted by atomic mass is 19.4. The van der Waals surface area contributed by atoms with Crippen molar-refractivity contribution in [2.24, 2.45) is 35.3 Å². The van der Waals surface area contributed by atoms with Gasteiger partial charge in [0.1, 0.15) is 5.75 Å². The largest absolute Gasteiger partial charge is 0.507 e. The van der Waals surface area contributed by atoms with Crippen LogP contribution in [0, 0.1) is 29.6 Å². The number of halogens is 3. The number of hydrogen-bond acceptors (Lipinski definition) is 10. The number of carbonyl (C=O) groups excluding carboxylic acids is 5. The zero-order valence-corrected chi connectivity index (χ0v) is 24.4. The minimum absolute atomic E-state index is 0.0296. The molecule has 5 N–H and O–H groups in total. The van der Waals surface area contributed by atoms with Gasteiger partial charge in [0, 0.05) is 19.1 Å². The number of likely N-dealkylation sites (tertiary alicyclic amines) is 1. The van der Waals surface area contributed by atoms with Gasteiger partial charge in [-0.3, -0.25) is 33.8 Å². The maximum Gasteiger partial charge on any atom is 0.417 e. The van der Waals surface area contributed by atoms with Crippen LogP contribution in [0.25, 0.3) is 0 Å². The number of rotatable bonds is 6. The normalized spacial score (nSPS) is 31.6. The Morgan fingerprint density at radius 2 is 1.77 bits per heavy atom. The molecule has 1 heterocycles. The third kappa shape index (κ3) is 4.95. The molecular formula is C30H36F3N3O8. The first-order valence-electron chi connectivity index (χ1n) is 14.7. The smallest absolute Gasteiger partial charge is 0.417 e. The van der Waals surface area contributed by atoms with Gasteiger partial charge in [0.25, 0.3) is 0 Å². The van der Waals surface area contributed by atoms with Gasteiger partial charge in [-0.05, 0) is 88.3 Å². The maximum atomic E-state index is 14.7. The van der Waals surface area contributed by atoms with E-state index in [4.69, 9.17) is 5.73 Å². The van der Waals surface area contributed by atoms with Crippen LogP contribution in [0.1, 0.15) is 52.7 Å². The van der Waals surface area contributed by atoms with Crippen molar-refractivity contribution in [2.45, 2.75) is 56.5 Å². The number of phenols is 1. The van der Waals surface area contributed by atoms with Crippen LogP contribution in [-0.2, 0) is 38.3 Å². The zero-order chi connectivity index (χ0) is 32.5. The van der Waals surface area contributed by atoms with Gasteiger partial charge in [0.05, 0.1) is 23.1 Å². The number of amides is 1. The van der Waals surface area contributed by atoms with Crippen molar-refractivity contribution < 1.29 is 52.5 Å². The maximum absolute atomic E-state index is 14.7. The van der Waals surface area contributed by atoms with Crippen molar-refractivity contribution in [3.05, 3.63) is 28.3 Å². The van der Waals surface area contributed by atoms with E-state index in [0.29, 0.717) is 32.4 Å². The Bertz CT molecular complexity index is 1420. The van der Waals surface area contributed by atoms with Crippen LogP contribution in [0.15, 0.2) is 6.07 Å². The summed E-state index contributed by atoms with van der Waals surface area (Å²) >= 11 is 0. The lowest BCUT2D eigenvalue weighted by atomic mass is 9.52. The van der Waals surface area contributed by atoms with Crippen molar-refractivity contribution in [3.63, 3.8) is 0 Å². The van der Waals surface area contributed by atoms with Gasteiger partial charge in [-0.1, -0.05) is 0 Å². The van der Waals surface area contributed by atoms with Gasteiger partial charge in [-0.25, -0.2) is 0 Å². The Hall–Kier alpha value is -3.20. The molecule has 11 nitrogen and oxygen atoms in total. The van der Waals surface area contributed by atoms with Crippen molar-refractivity contribution >= 4 is 29.0 Å². The number of phenolic OH excluding ortho intramolecular Hbond substituents is 1. The molecule has 2 unspecified atom stereocenters. The molecule has 0 radical (unpaired) electrons. The van der Waals surface area contributed by atoms with Gasteiger partial charge in [-0.2, -0.15) is 13.2 Å². The summed E-state index contributed by atoms with van der Waals surface area (Å²) in [5.41, 5.74) is -0.105. The summed E-state index contributed by atoms with van der Waals surface area (Å²) in [5.74, 6) is -13.2. The molecule has 14 heteroatoms. The minimum Gasteiger partial charge on any atom is -0.507 e. The molecule has 44 heavy (non-hydrogen) atoms. The monoisotopic (exact) mass is 623 g/mol. The Morgan fingerprint density at radius 3 is 2.32 bits per heavy atom. The number of Topliss-reactive ketones (excluding diaryl/α,β-unsaturated/α-hetero) is 4. The van der Waals surface area contributed by atoms with E-state index < -0.39 is 99.4 Å². The van der Waals surface area contributed by atoms with E-state index in [1.54, 1.807) is 0 Å². The number of primary amides is 1. The van der Waals surface area contributed by atoms with E-state index in [1.807, 2.05) is 4.90 Å². The highest BCUT2D eigenvalue weighted by molar-refractivity contribution is 6.32. The molecule has 5 rings (SSSR count). The fraction of sp³-hybridized carbons (Fsp3) is 0.633. The molecule has 3 fully saturated rings. The van der Waals surface area contributed by atoms with Crippen LogP contribution in [0.5, 0.6) is 5.75 Å². The number of ketones is 4. The second kappa shape index (κ2) is 11.3. The lowest BCUT2D eigenvalue weighted by Gasteiger charge is -2.52. The molecule has 1 amide bonds. The third-order valence-electron chi connectivity index (χ3n) is 10.1. The standard InChI is InChI=1S/C30H36F3N3O8/c1-35(2)23-17-10-14-9-16-20(24(39)19(14)26(41)29(17,44)27(42)21(25(23)40)28(34)43)18(38)11-15(22(16)30(31,32)33)12-36-6-3-13(4-7-36)5-8-37/h11,13-14,17,19,21,23,37-38,44H,3-10,12H2,1-2H3,(H2,34,43)/t14-,17-,19?,21?,23-,29-/m0/s1. The van der Waals surface area contributed by atoms with E-state index in [9.17, 15) is 52.5 Å². The first kappa shape index (κ1) is 32.2. The van der Waals surface area contributed by atoms with Crippen molar-refractivity contribution in [1.82, 2.24) is 9.80 Å². The number of hydrogen-bond donors (Lipinski definition) is 4. The quantitative estimate of drug-likeness (QED) is 0.326. The topological polar surface area (TPSA) is 179 Å². The summed E-state index contributed by atoms with van der Waals surface area (Å²) in [6, 6.07) is -0.465. The number of nitrogens with zero attached hydrogens (tertiary/aromatic N) is 2. The molecule has 240 valence electrons. The summed E-state index contributed by atoms with van der Waals surface area (Å²) in [5, 5.41) is 31.8. The second-order valence-electron chi connectivity index (χ2n) is 12.8. The van der Waals surface area contributed by atoms with E-state index in [2.05, 4.69) is 0 Å². The fourth-order valence-corrected chi connectivity index (χ4v) is 8.08. The predicted octanol–water partition coefficient (Wildman–Crippen LogP) is 0.480. The average molecular weight is 624 g/mol. The molecule has 1 saturated heterocycles. The van der Waals surface area contributed by atoms with Gasteiger partial charge in [-0.15, -0.1) is 0 Å². The van der Waals surface area contributed by atoms with Gasteiger partial charge in [0.2, 0.25) is 5.91 Å². The summed E-state index contributed by atoms with van der Waals surface area (Å²) in [4.78, 5) is 69.5. The number of benzene rings is 1. The third-order valence-corrected chi connectivity index (χ3v) is 10.1. The number of carbonyl (C=O) groups is 5. The summed E-state index contributed by atoms with van der Waals surface area (Å²) in [7, 11) is 2.85. The molecule has 1 aromatic rings. The van der Waals surface area contributed by atoms with E-state index >= 15 is 0 Å². The highest BCUT2D eigenvalue weighted by Crippen LogP contribution is 2.52. The Labute approximate surface area is 251 Å². The molecule has 6 atom stereocenters. The van der Waals surface area contributed by atoms with Gasteiger partial charge >= 0.3 is 6.18 Å². The molecule has 0 bridgehead atoms. The summed E-state index contributed by atoms with van der Waals surface area (Å²) < 4.78 is 44.2. The Kier molecular flexibility index (Phi) is 8.27. The van der Waals surface area contributed by atoms with Crippen LogP contribution < -0.4 is 5.73 Å². The lowest BCUT2D eigenvalue weighted by molar-refractivity contribution is -0.181. The molecule has 2 saturated carbocycles. The average Bonchev–Trinajstić information content (AvgIpc) is 2.90. The van der Waals surface area contributed by atoms with Crippen LogP contribution in [0.3, 0.4) is 0 Å². The predicted molar refractivity (Wildman–Crippen MR) is 146 cm³/mol. The molecule has 0 aromatic heterocycles. The number of piperidine rings is 1. The van der Waals surface area contributed by atoms with Gasteiger partial charge < -0.3 is 21.1 Å². The molecule has 0 spiro atoms. The molecule has 1 aliphatic heterocycles. The number of likely N-dealkylation sites (N-methyl/N-ethyl adjacent to an activating group) is 1. The van der Waals surface area contributed by atoms with Crippen LogP contribution in [0.4, 0.5) is 13.2 Å². The lowest BCUT2D eigenvalue weighted by Crippen LogP contribution is -2.74. The summed E-state index contributed by atoms with van der Waals surface area (Å²) in [6.45, 7) is 0.851. The Balaban J connectivity index is 1.57. The van der Waals surface area contributed by atoms with Crippen LogP contribution in [-0.4, -0.2) is 99.6 Å². The van der Waals surface area contributed by atoms with Crippen molar-refractivity contribution in [3.8, 4) is 5.75 Å². The van der Waals surface area contributed by atoms with E-state index in [0.717, 1.165) is 6.07 Å².